The van der Waals surface area contributed by atoms with Crippen LogP contribution in [0.15, 0.2) is 36.5 Å². The first-order chi connectivity index (χ1) is 13.3. The predicted molar refractivity (Wildman–Crippen MR) is 103 cm³/mol. The van der Waals surface area contributed by atoms with Gasteiger partial charge in [0, 0.05) is 45.8 Å². The predicted octanol–water partition coefficient (Wildman–Crippen LogP) is 0.888. The van der Waals surface area contributed by atoms with Crippen LogP contribution in [-0.4, -0.2) is 76.5 Å². The molecule has 1 aromatic heterocycles. The van der Waals surface area contributed by atoms with E-state index in [1.807, 2.05) is 11.0 Å². The van der Waals surface area contributed by atoms with E-state index >= 15 is 0 Å². The van der Waals surface area contributed by atoms with Crippen LogP contribution < -0.4 is 5.32 Å². The Balaban J connectivity index is 1.27. The van der Waals surface area contributed by atoms with Crippen LogP contribution in [0.3, 0.4) is 0 Å². The molecule has 3 heterocycles. The van der Waals surface area contributed by atoms with Crippen LogP contribution in [0.5, 0.6) is 0 Å². The molecule has 0 aliphatic carbocycles. The minimum Gasteiger partial charge on any atom is -0.337 e. The first-order valence-electron chi connectivity index (χ1n) is 9.94. The third kappa shape index (κ3) is 4.73. The van der Waals surface area contributed by atoms with Gasteiger partial charge in [0.2, 0.25) is 0 Å². The Labute approximate surface area is 160 Å². The molecular weight excluding hydrogens is 340 g/mol. The summed E-state index contributed by atoms with van der Waals surface area (Å²) < 4.78 is 1.80. The average molecular weight is 368 g/mol. The Bertz CT molecular complexity index is 740. The van der Waals surface area contributed by atoms with Crippen LogP contribution in [0.25, 0.3) is 0 Å². The molecule has 2 fully saturated rings. The lowest BCUT2D eigenvalue weighted by molar-refractivity contribution is 0.0781. The van der Waals surface area contributed by atoms with Crippen molar-refractivity contribution in [2.75, 3.05) is 45.8 Å². The van der Waals surface area contributed by atoms with Gasteiger partial charge in [0.05, 0.1) is 12.7 Å². The summed E-state index contributed by atoms with van der Waals surface area (Å²) in [5.41, 5.74) is 1.81. The van der Waals surface area contributed by atoms with E-state index in [2.05, 4.69) is 44.8 Å². The summed E-state index contributed by atoms with van der Waals surface area (Å²) in [6, 6.07) is 10.5. The number of hydrogen-bond acceptors (Lipinski definition) is 5. The van der Waals surface area contributed by atoms with Crippen LogP contribution in [0.2, 0.25) is 0 Å². The van der Waals surface area contributed by atoms with Gasteiger partial charge in [0.15, 0.2) is 5.69 Å². The van der Waals surface area contributed by atoms with Gasteiger partial charge >= 0.3 is 0 Å². The van der Waals surface area contributed by atoms with Gasteiger partial charge in [-0.2, -0.15) is 0 Å². The fourth-order valence-corrected chi connectivity index (χ4v) is 3.98. The topological polar surface area (TPSA) is 66.3 Å². The number of rotatable bonds is 6. The standard InChI is InChI=1S/C20H28N6O/c27-20(25-9-6-18(15-25)14-17-4-2-1-3-5-17)19-16-26(23-22-19)13-12-24-10-7-21-8-11-24/h1-5,16,18,21H,6-15H2/t18-/m0/s1. The van der Waals surface area contributed by atoms with E-state index in [0.29, 0.717) is 11.6 Å². The minimum atomic E-state index is 0.0129. The summed E-state index contributed by atoms with van der Waals surface area (Å²) in [5, 5.41) is 11.6. The first kappa shape index (κ1) is 18.1. The molecule has 2 aromatic rings. The molecule has 1 amide bonds. The van der Waals surface area contributed by atoms with Crippen molar-refractivity contribution in [2.45, 2.75) is 19.4 Å². The molecule has 2 saturated heterocycles. The third-order valence-electron chi connectivity index (χ3n) is 5.55. The third-order valence-corrected chi connectivity index (χ3v) is 5.55. The van der Waals surface area contributed by atoms with Crippen molar-refractivity contribution in [3.05, 3.63) is 47.8 Å². The molecule has 2 aliphatic heterocycles. The maximum atomic E-state index is 12.8. The summed E-state index contributed by atoms with van der Waals surface area (Å²) in [6.07, 6.45) is 3.88. The Morgan fingerprint density at radius 1 is 1.11 bits per heavy atom. The number of nitrogens with zero attached hydrogens (tertiary/aromatic N) is 5. The lowest BCUT2D eigenvalue weighted by Gasteiger charge is -2.26. The summed E-state index contributed by atoms with van der Waals surface area (Å²) in [5.74, 6) is 0.540. The van der Waals surface area contributed by atoms with E-state index in [9.17, 15) is 4.79 Å². The zero-order valence-corrected chi connectivity index (χ0v) is 15.8. The fraction of sp³-hybridized carbons (Fsp3) is 0.550. The summed E-state index contributed by atoms with van der Waals surface area (Å²) in [4.78, 5) is 17.1. The van der Waals surface area contributed by atoms with E-state index in [-0.39, 0.29) is 5.91 Å². The molecule has 7 heteroatoms. The molecular formula is C20H28N6O. The lowest BCUT2D eigenvalue weighted by Crippen LogP contribution is -2.44. The van der Waals surface area contributed by atoms with Crippen LogP contribution in [0.1, 0.15) is 22.5 Å². The summed E-state index contributed by atoms with van der Waals surface area (Å²) in [7, 11) is 0. The van der Waals surface area contributed by atoms with Crippen molar-refractivity contribution in [1.29, 1.82) is 0 Å². The van der Waals surface area contributed by atoms with Crippen molar-refractivity contribution < 1.29 is 4.79 Å². The molecule has 7 nitrogen and oxygen atoms in total. The van der Waals surface area contributed by atoms with Crippen molar-refractivity contribution >= 4 is 5.91 Å². The molecule has 1 N–H and O–H groups in total. The van der Waals surface area contributed by atoms with Gasteiger partial charge in [-0.1, -0.05) is 35.5 Å². The van der Waals surface area contributed by atoms with Gasteiger partial charge in [0.25, 0.3) is 5.91 Å². The number of carbonyl (C=O) groups excluding carboxylic acids is 1. The molecule has 27 heavy (non-hydrogen) atoms. The zero-order chi connectivity index (χ0) is 18.5. The number of benzene rings is 1. The maximum absolute atomic E-state index is 12.8. The number of amides is 1. The van der Waals surface area contributed by atoms with E-state index in [4.69, 9.17) is 0 Å². The molecule has 0 radical (unpaired) electrons. The largest absolute Gasteiger partial charge is 0.337 e. The van der Waals surface area contributed by atoms with Gasteiger partial charge in [-0.05, 0) is 24.3 Å². The Morgan fingerprint density at radius 2 is 1.93 bits per heavy atom. The highest BCUT2D eigenvalue weighted by Gasteiger charge is 2.28. The molecule has 1 atom stereocenters. The molecule has 0 spiro atoms. The zero-order valence-electron chi connectivity index (χ0n) is 15.8. The molecule has 0 saturated carbocycles. The number of piperazine rings is 1. The average Bonchev–Trinajstić information content (AvgIpc) is 3.37. The molecule has 2 aliphatic rings. The maximum Gasteiger partial charge on any atom is 0.276 e. The van der Waals surface area contributed by atoms with E-state index < -0.39 is 0 Å². The SMILES string of the molecule is O=C(c1cn(CCN2CCNCC2)nn1)N1CC[C@@H](Cc2ccccc2)C1. The van der Waals surface area contributed by atoms with Crippen LogP contribution >= 0.6 is 0 Å². The molecule has 1 aromatic carbocycles. The monoisotopic (exact) mass is 368 g/mol. The second-order valence-electron chi connectivity index (χ2n) is 7.55. The van der Waals surface area contributed by atoms with Crippen molar-refractivity contribution in [1.82, 2.24) is 30.1 Å². The Morgan fingerprint density at radius 3 is 2.74 bits per heavy atom. The van der Waals surface area contributed by atoms with Crippen molar-refractivity contribution in [2.24, 2.45) is 5.92 Å². The van der Waals surface area contributed by atoms with Crippen LogP contribution in [-0.2, 0) is 13.0 Å². The van der Waals surface area contributed by atoms with Gasteiger partial charge in [-0.15, -0.1) is 5.10 Å². The molecule has 4 rings (SSSR count). The second-order valence-corrected chi connectivity index (χ2v) is 7.55. The smallest absolute Gasteiger partial charge is 0.276 e. The highest BCUT2D eigenvalue weighted by molar-refractivity contribution is 5.92. The number of nitrogens with one attached hydrogen (secondary N) is 1. The summed E-state index contributed by atoms with van der Waals surface area (Å²) in [6.45, 7) is 7.55. The van der Waals surface area contributed by atoms with E-state index in [1.165, 1.54) is 5.56 Å². The fourth-order valence-electron chi connectivity index (χ4n) is 3.98. The normalized spacial score (nSPS) is 20.9. The van der Waals surface area contributed by atoms with Gasteiger partial charge in [0.1, 0.15) is 0 Å². The highest BCUT2D eigenvalue weighted by atomic mass is 16.2. The van der Waals surface area contributed by atoms with E-state index in [1.54, 1.807) is 10.9 Å². The second kappa shape index (κ2) is 8.63. The number of likely N-dealkylation sites (tertiary alicyclic amines) is 1. The molecule has 144 valence electrons. The Kier molecular flexibility index (Phi) is 5.79. The number of hydrogen-bond donors (Lipinski definition) is 1. The summed E-state index contributed by atoms with van der Waals surface area (Å²) >= 11 is 0. The number of carbonyl (C=O) groups is 1. The van der Waals surface area contributed by atoms with Gasteiger partial charge < -0.3 is 10.2 Å². The van der Waals surface area contributed by atoms with E-state index in [0.717, 1.165) is 65.2 Å². The lowest BCUT2D eigenvalue weighted by atomic mass is 9.99. The van der Waals surface area contributed by atoms with Crippen LogP contribution in [0.4, 0.5) is 0 Å². The Hall–Kier alpha value is -2.25. The molecule has 0 unspecified atom stereocenters. The van der Waals surface area contributed by atoms with Gasteiger partial charge in [-0.25, -0.2) is 0 Å². The first-order valence-corrected chi connectivity index (χ1v) is 9.94. The quantitative estimate of drug-likeness (QED) is 0.820. The van der Waals surface area contributed by atoms with Crippen molar-refractivity contribution in [3.63, 3.8) is 0 Å². The van der Waals surface area contributed by atoms with Gasteiger partial charge in [-0.3, -0.25) is 14.4 Å². The molecule has 0 bridgehead atoms. The van der Waals surface area contributed by atoms with Crippen LogP contribution in [0, 0.1) is 5.92 Å². The highest BCUT2D eigenvalue weighted by Crippen LogP contribution is 2.22. The number of aromatic nitrogens is 3. The minimum absolute atomic E-state index is 0.0129. The van der Waals surface area contributed by atoms with Crippen molar-refractivity contribution in [3.8, 4) is 0 Å².